The summed E-state index contributed by atoms with van der Waals surface area (Å²) in [5.41, 5.74) is 1.92. The molecule has 4 nitrogen and oxygen atoms in total. The lowest BCUT2D eigenvalue weighted by Crippen LogP contribution is -2.38. The molecule has 1 aliphatic heterocycles. The van der Waals surface area contributed by atoms with Crippen LogP contribution >= 0.6 is 0 Å². The van der Waals surface area contributed by atoms with Crippen molar-refractivity contribution in [2.24, 2.45) is 0 Å². The molecule has 1 fully saturated rings. The van der Waals surface area contributed by atoms with Crippen molar-refractivity contribution in [3.05, 3.63) is 24.0 Å². The minimum absolute atomic E-state index is 0.00988. The highest BCUT2D eigenvalue weighted by molar-refractivity contribution is 5.47. The van der Waals surface area contributed by atoms with Crippen molar-refractivity contribution in [3.8, 4) is 0 Å². The van der Waals surface area contributed by atoms with Crippen molar-refractivity contribution < 1.29 is 5.11 Å². The van der Waals surface area contributed by atoms with Crippen molar-refractivity contribution in [1.29, 1.82) is 0 Å². The summed E-state index contributed by atoms with van der Waals surface area (Å²) in [6.07, 6.45) is 2.96. The normalized spacial score (nSPS) is 22.5. The Bertz CT molecular complexity index is 369. The van der Waals surface area contributed by atoms with Gasteiger partial charge in [-0.25, -0.2) is 0 Å². The van der Waals surface area contributed by atoms with E-state index in [4.69, 9.17) is 5.11 Å². The SMILES string of the molecule is CC1CN(C)CCCN1c1ccnc(CO)c1. The summed E-state index contributed by atoms with van der Waals surface area (Å²) >= 11 is 0. The van der Waals surface area contributed by atoms with E-state index in [1.54, 1.807) is 6.20 Å². The molecule has 17 heavy (non-hydrogen) atoms. The van der Waals surface area contributed by atoms with E-state index in [1.165, 1.54) is 12.1 Å². The molecule has 1 N–H and O–H groups in total. The first-order chi connectivity index (χ1) is 8.20. The number of nitrogens with zero attached hydrogens (tertiary/aromatic N) is 3. The summed E-state index contributed by atoms with van der Waals surface area (Å²) in [6, 6.07) is 4.51. The van der Waals surface area contributed by atoms with Gasteiger partial charge in [0.15, 0.2) is 0 Å². The molecule has 0 amide bonds. The van der Waals surface area contributed by atoms with Gasteiger partial charge in [-0.15, -0.1) is 0 Å². The van der Waals surface area contributed by atoms with Crippen LogP contribution in [0.15, 0.2) is 18.3 Å². The Morgan fingerprint density at radius 3 is 3.06 bits per heavy atom. The van der Waals surface area contributed by atoms with E-state index in [-0.39, 0.29) is 6.61 Å². The Balaban J connectivity index is 2.19. The number of hydrogen-bond donors (Lipinski definition) is 1. The van der Waals surface area contributed by atoms with Crippen LogP contribution in [0.1, 0.15) is 19.0 Å². The molecule has 0 spiro atoms. The minimum atomic E-state index is 0.00988. The number of aromatic nitrogens is 1. The molecule has 0 radical (unpaired) electrons. The van der Waals surface area contributed by atoms with Gasteiger partial charge in [-0.2, -0.15) is 0 Å². The van der Waals surface area contributed by atoms with Gasteiger partial charge in [-0.1, -0.05) is 0 Å². The van der Waals surface area contributed by atoms with Crippen molar-refractivity contribution in [2.45, 2.75) is 26.0 Å². The zero-order chi connectivity index (χ0) is 12.3. The van der Waals surface area contributed by atoms with Crippen LogP contribution in [0.25, 0.3) is 0 Å². The summed E-state index contributed by atoms with van der Waals surface area (Å²) in [6.45, 7) is 5.56. The molecule has 1 saturated heterocycles. The van der Waals surface area contributed by atoms with Crippen LogP contribution in [0.3, 0.4) is 0 Å². The summed E-state index contributed by atoms with van der Waals surface area (Å²) in [4.78, 5) is 8.91. The topological polar surface area (TPSA) is 39.6 Å². The Hall–Kier alpha value is -1.13. The van der Waals surface area contributed by atoms with E-state index in [1.807, 2.05) is 12.1 Å². The van der Waals surface area contributed by atoms with Gasteiger partial charge < -0.3 is 14.9 Å². The highest BCUT2D eigenvalue weighted by Crippen LogP contribution is 2.20. The lowest BCUT2D eigenvalue weighted by atomic mass is 10.2. The smallest absolute Gasteiger partial charge is 0.0853 e. The van der Waals surface area contributed by atoms with Crippen molar-refractivity contribution in [1.82, 2.24) is 9.88 Å². The Morgan fingerprint density at radius 1 is 1.47 bits per heavy atom. The number of anilines is 1. The second-order valence-electron chi connectivity index (χ2n) is 4.82. The molecular formula is C13H21N3O. The minimum Gasteiger partial charge on any atom is -0.390 e. The average molecular weight is 235 g/mol. The van der Waals surface area contributed by atoms with Gasteiger partial charge in [-0.05, 0) is 39.1 Å². The highest BCUT2D eigenvalue weighted by atomic mass is 16.3. The fourth-order valence-electron chi connectivity index (χ4n) is 2.49. The van der Waals surface area contributed by atoms with Gasteiger partial charge in [0.1, 0.15) is 0 Å². The van der Waals surface area contributed by atoms with Gasteiger partial charge in [0.05, 0.1) is 12.3 Å². The molecule has 2 rings (SSSR count). The number of rotatable bonds is 2. The maximum atomic E-state index is 9.13. The van der Waals surface area contributed by atoms with Crippen LogP contribution in [-0.4, -0.2) is 47.7 Å². The zero-order valence-corrected chi connectivity index (χ0v) is 10.6. The Morgan fingerprint density at radius 2 is 2.29 bits per heavy atom. The number of likely N-dealkylation sites (N-methyl/N-ethyl adjacent to an activating group) is 1. The van der Waals surface area contributed by atoms with E-state index < -0.39 is 0 Å². The fourth-order valence-corrected chi connectivity index (χ4v) is 2.49. The third kappa shape index (κ3) is 2.96. The van der Waals surface area contributed by atoms with E-state index in [9.17, 15) is 0 Å². The first-order valence-electron chi connectivity index (χ1n) is 6.21. The van der Waals surface area contributed by atoms with Crippen molar-refractivity contribution >= 4 is 5.69 Å². The molecule has 4 heteroatoms. The quantitative estimate of drug-likeness (QED) is 0.833. The van der Waals surface area contributed by atoms with E-state index in [2.05, 4.69) is 28.8 Å². The van der Waals surface area contributed by atoms with E-state index in [0.29, 0.717) is 6.04 Å². The maximum Gasteiger partial charge on any atom is 0.0853 e. The third-order valence-corrected chi connectivity index (χ3v) is 3.34. The number of aliphatic hydroxyl groups excluding tert-OH is 1. The van der Waals surface area contributed by atoms with Crippen molar-refractivity contribution in [2.75, 3.05) is 31.6 Å². The second-order valence-corrected chi connectivity index (χ2v) is 4.82. The lowest BCUT2D eigenvalue weighted by molar-refractivity contribution is 0.277. The maximum absolute atomic E-state index is 9.13. The summed E-state index contributed by atoms with van der Waals surface area (Å²) in [5, 5.41) is 9.13. The summed E-state index contributed by atoms with van der Waals surface area (Å²) in [7, 11) is 2.17. The second kappa shape index (κ2) is 5.47. The summed E-state index contributed by atoms with van der Waals surface area (Å²) in [5.74, 6) is 0. The van der Waals surface area contributed by atoms with Gasteiger partial charge in [0.25, 0.3) is 0 Å². The zero-order valence-electron chi connectivity index (χ0n) is 10.6. The number of hydrogen-bond acceptors (Lipinski definition) is 4. The molecule has 0 saturated carbocycles. The largest absolute Gasteiger partial charge is 0.390 e. The molecule has 0 aromatic carbocycles. The van der Waals surface area contributed by atoms with Crippen LogP contribution in [-0.2, 0) is 6.61 Å². The predicted molar refractivity (Wildman–Crippen MR) is 69.1 cm³/mol. The standard InChI is InChI=1S/C13H21N3O/c1-11-9-15(2)6-3-7-16(11)13-4-5-14-12(8-13)10-17/h4-5,8,11,17H,3,6-7,9-10H2,1-2H3. The van der Waals surface area contributed by atoms with E-state index in [0.717, 1.165) is 25.3 Å². The molecular weight excluding hydrogens is 214 g/mol. The highest BCUT2D eigenvalue weighted by Gasteiger charge is 2.19. The molecule has 2 heterocycles. The van der Waals surface area contributed by atoms with Crippen LogP contribution in [0.2, 0.25) is 0 Å². The van der Waals surface area contributed by atoms with Gasteiger partial charge in [0, 0.05) is 31.0 Å². The molecule has 94 valence electrons. The van der Waals surface area contributed by atoms with Gasteiger partial charge in [0.2, 0.25) is 0 Å². The van der Waals surface area contributed by atoms with Gasteiger partial charge in [-0.3, -0.25) is 4.98 Å². The van der Waals surface area contributed by atoms with Crippen LogP contribution < -0.4 is 4.90 Å². The molecule has 0 aliphatic carbocycles. The monoisotopic (exact) mass is 235 g/mol. The predicted octanol–water partition coefficient (Wildman–Crippen LogP) is 1.10. The molecule has 0 bridgehead atoms. The van der Waals surface area contributed by atoms with Crippen LogP contribution in [0.4, 0.5) is 5.69 Å². The Kier molecular flexibility index (Phi) is 3.97. The number of pyridine rings is 1. The molecule has 1 atom stereocenters. The molecule has 1 aromatic rings. The number of aliphatic hydroxyl groups is 1. The lowest BCUT2D eigenvalue weighted by Gasteiger charge is -2.30. The van der Waals surface area contributed by atoms with Gasteiger partial charge >= 0.3 is 0 Å². The third-order valence-electron chi connectivity index (χ3n) is 3.34. The Labute approximate surface area is 103 Å². The molecule has 1 aromatic heterocycles. The van der Waals surface area contributed by atoms with Crippen LogP contribution in [0, 0.1) is 0 Å². The molecule has 1 aliphatic rings. The van der Waals surface area contributed by atoms with Crippen LogP contribution in [0.5, 0.6) is 0 Å². The van der Waals surface area contributed by atoms with E-state index >= 15 is 0 Å². The fraction of sp³-hybridized carbons (Fsp3) is 0.615. The first-order valence-corrected chi connectivity index (χ1v) is 6.21. The first kappa shape index (κ1) is 12.3. The summed E-state index contributed by atoms with van der Waals surface area (Å²) < 4.78 is 0. The average Bonchev–Trinajstić information content (AvgIpc) is 2.50. The molecule has 1 unspecified atom stereocenters. The van der Waals surface area contributed by atoms with Crippen molar-refractivity contribution in [3.63, 3.8) is 0 Å².